The molecule has 0 radical (unpaired) electrons. The molecule has 1 aliphatic heterocycles. The number of rotatable bonds is 6. The second-order valence-electron chi connectivity index (χ2n) is 5.78. The molecule has 2 aromatic rings. The highest BCUT2D eigenvalue weighted by atomic mass is 32.1. The molecule has 3 rings (SSSR count). The zero-order valence-electron chi connectivity index (χ0n) is 13.9. The summed E-state index contributed by atoms with van der Waals surface area (Å²) in [6, 6.07) is 6.48. The number of urea groups is 1. The van der Waals surface area contributed by atoms with Crippen molar-refractivity contribution in [3.63, 3.8) is 0 Å². The predicted molar refractivity (Wildman–Crippen MR) is 91.8 cm³/mol. The monoisotopic (exact) mass is 362 g/mol. The number of amides is 3. The van der Waals surface area contributed by atoms with Gasteiger partial charge in [0.1, 0.15) is 11.0 Å². The Morgan fingerprint density at radius 1 is 1.40 bits per heavy atom. The number of nitrogens with zero attached hydrogens (tertiary/aromatic N) is 3. The SMILES string of the molecule is COC(=O)C[C@H]1NC(=O)N(CN(C)Cc2nc3ccccc3s2)C1=O. The number of carbonyl (C=O) groups excluding carboxylic acids is 3. The third-order valence-corrected chi connectivity index (χ3v) is 4.85. The summed E-state index contributed by atoms with van der Waals surface area (Å²) < 4.78 is 5.64. The van der Waals surface area contributed by atoms with Gasteiger partial charge in [-0.1, -0.05) is 12.1 Å². The van der Waals surface area contributed by atoms with Crippen molar-refractivity contribution < 1.29 is 19.1 Å². The zero-order chi connectivity index (χ0) is 18.0. The Kier molecular flexibility index (Phi) is 4.95. The molecule has 1 saturated heterocycles. The molecule has 8 nitrogen and oxygen atoms in total. The number of hydrogen-bond acceptors (Lipinski definition) is 7. The van der Waals surface area contributed by atoms with E-state index >= 15 is 0 Å². The fourth-order valence-electron chi connectivity index (χ4n) is 2.61. The van der Waals surface area contributed by atoms with Crippen molar-refractivity contribution in [3.05, 3.63) is 29.3 Å². The average Bonchev–Trinajstić information content (AvgIpc) is 3.10. The van der Waals surface area contributed by atoms with E-state index in [0.29, 0.717) is 6.54 Å². The van der Waals surface area contributed by atoms with Gasteiger partial charge in [-0.3, -0.25) is 14.5 Å². The number of benzene rings is 1. The lowest BCUT2D eigenvalue weighted by atomic mass is 10.2. The van der Waals surface area contributed by atoms with Crippen molar-refractivity contribution in [1.29, 1.82) is 0 Å². The predicted octanol–water partition coefficient (Wildman–Crippen LogP) is 1.17. The lowest BCUT2D eigenvalue weighted by Gasteiger charge is -2.21. The van der Waals surface area contributed by atoms with E-state index in [2.05, 4.69) is 15.0 Å². The van der Waals surface area contributed by atoms with Gasteiger partial charge in [0.15, 0.2) is 0 Å². The van der Waals surface area contributed by atoms with Crippen LogP contribution in [-0.2, 0) is 20.9 Å². The van der Waals surface area contributed by atoms with E-state index in [9.17, 15) is 14.4 Å². The smallest absolute Gasteiger partial charge is 0.325 e. The molecular weight excluding hydrogens is 344 g/mol. The van der Waals surface area contributed by atoms with Gasteiger partial charge in [-0.25, -0.2) is 14.7 Å². The molecule has 9 heteroatoms. The van der Waals surface area contributed by atoms with Gasteiger partial charge in [0, 0.05) is 0 Å². The van der Waals surface area contributed by atoms with Crippen LogP contribution in [0, 0.1) is 0 Å². The highest BCUT2D eigenvalue weighted by Crippen LogP contribution is 2.22. The molecule has 3 amide bonds. The van der Waals surface area contributed by atoms with Crippen molar-refractivity contribution in [2.75, 3.05) is 20.8 Å². The van der Waals surface area contributed by atoms with Crippen molar-refractivity contribution >= 4 is 39.5 Å². The van der Waals surface area contributed by atoms with Gasteiger partial charge < -0.3 is 10.1 Å². The van der Waals surface area contributed by atoms with Gasteiger partial charge in [0.2, 0.25) is 0 Å². The van der Waals surface area contributed by atoms with Crippen LogP contribution in [0.25, 0.3) is 10.2 Å². The average molecular weight is 362 g/mol. The van der Waals surface area contributed by atoms with E-state index in [1.807, 2.05) is 29.2 Å². The number of methoxy groups -OCH3 is 1. The van der Waals surface area contributed by atoms with Gasteiger partial charge >= 0.3 is 12.0 Å². The van der Waals surface area contributed by atoms with E-state index < -0.39 is 23.9 Å². The fourth-order valence-corrected chi connectivity index (χ4v) is 3.66. The maximum absolute atomic E-state index is 12.3. The van der Waals surface area contributed by atoms with E-state index in [4.69, 9.17) is 0 Å². The summed E-state index contributed by atoms with van der Waals surface area (Å²) in [5.74, 6) is -0.963. The summed E-state index contributed by atoms with van der Waals surface area (Å²) >= 11 is 1.58. The first-order valence-electron chi connectivity index (χ1n) is 7.69. The minimum Gasteiger partial charge on any atom is -0.469 e. The first-order chi connectivity index (χ1) is 12.0. The van der Waals surface area contributed by atoms with Crippen LogP contribution in [-0.4, -0.2) is 59.6 Å². The van der Waals surface area contributed by atoms with E-state index in [1.54, 1.807) is 18.4 Å². The second-order valence-corrected chi connectivity index (χ2v) is 6.89. The summed E-state index contributed by atoms with van der Waals surface area (Å²) in [6.07, 6.45) is -0.168. The standard InChI is InChI=1S/C16H18N4O4S/c1-19(8-13-17-10-5-3-4-6-12(10)25-13)9-20-15(22)11(18-16(20)23)7-14(21)24-2/h3-6,11H,7-9H2,1-2H3,(H,18,23)/t11-/m1/s1. The maximum Gasteiger partial charge on any atom is 0.325 e. The van der Waals surface area contributed by atoms with Gasteiger partial charge in [-0.2, -0.15) is 0 Å². The van der Waals surface area contributed by atoms with Crippen LogP contribution in [0.15, 0.2) is 24.3 Å². The molecule has 0 spiro atoms. The third-order valence-electron chi connectivity index (χ3n) is 3.83. The van der Waals surface area contributed by atoms with Crippen LogP contribution in [0.2, 0.25) is 0 Å². The highest BCUT2D eigenvalue weighted by molar-refractivity contribution is 7.18. The van der Waals surface area contributed by atoms with E-state index in [0.717, 1.165) is 20.1 Å². The highest BCUT2D eigenvalue weighted by Gasteiger charge is 2.39. The van der Waals surface area contributed by atoms with Crippen LogP contribution >= 0.6 is 11.3 Å². The van der Waals surface area contributed by atoms with Crippen LogP contribution in [0.5, 0.6) is 0 Å². The summed E-state index contributed by atoms with van der Waals surface area (Å²) in [5, 5.41) is 3.41. The molecule has 2 heterocycles. The fraction of sp³-hybridized carbons (Fsp3) is 0.375. The largest absolute Gasteiger partial charge is 0.469 e. The lowest BCUT2D eigenvalue weighted by Crippen LogP contribution is -2.40. The van der Waals surface area contributed by atoms with Crippen LogP contribution in [0.3, 0.4) is 0 Å². The van der Waals surface area contributed by atoms with Gasteiger partial charge in [0.05, 0.1) is 37.0 Å². The van der Waals surface area contributed by atoms with Gasteiger partial charge in [0.25, 0.3) is 5.91 Å². The molecule has 0 aliphatic carbocycles. The topological polar surface area (TPSA) is 91.8 Å². The van der Waals surface area contributed by atoms with Crippen LogP contribution < -0.4 is 5.32 Å². The number of imide groups is 1. The van der Waals surface area contributed by atoms with Gasteiger partial charge in [-0.05, 0) is 19.2 Å². The molecule has 0 unspecified atom stereocenters. The molecule has 1 aromatic carbocycles. The van der Waals surface area contributed by atoms with Crippen molar-refractivity contribution in [2.45, 2.75) is 19.0 Å². The molecule has 1 aliphatic rings. The Balaban J connectivity index is 1.62. The number of carbonyl (C=O) groups is 3. The number of esters is 1. The molecule has 132 valence electrons. The molecular formula is C16H18N4O4S. The van der Waals surface area contributed by atoms with Crippen molar-refractivity contribution in [3.8, 4) is 0 Å². The molecule has 1 fully saturated rings. The van der Waals surface area contributed by atoms with Crippen LogP contribution in [0.4, 0.5) is 4.79 Å². The van der Waals surface area contributed by atoms with Crippen molar-refractivity contribution in [2.24, 2.45) is 0 Å². The minimum absolute atomic E-state index is 0.123. The maximum atomic E-state index is 12.3. The minimum atomic E-state index is -0.865. The van der Waals surface area contributed by atoms with Gasteiger partial charge in [-0.15, -0.1) is 11.3 Å². The Morgan fingerprint density at radius 2 is 2.16 bits per heavy atom. The first kappa shape index (κ1) is 17.3. The Hall–Kier alpha value is -2.52. The molecule has 0 saturated carbocycles. The molecule has 1 atom stereocenters. The summed E-state index contributed by atoms with van der Waals surface area (Å²) in [5.41, 5.74) is 0.934. The number of thiazole rings is 1. The lowest BCUT2D eigenvalue weighted by molar-refractivity contribution is -0.143. The summed E-state index contributed by atoms with van der Waals surface area (Å²) in [4.78, 5) is 43.1. The molecule has 25 heavy (non-hydrogen) atoms. The Labute approximate surface area is 148 Å². The van der Waals surface area contributed by atoms with E-state index in [-0.39, 0.29) is 13.1 Å². The first-order valence-corrected chi connectivity index (χ1v) is 8.51. The number of hydrogen-bond donors (Lipinski definition) is 1. The molecule has 1 N–H and O–H groups in total. The number of ether oxygens (including phenoxy) is 1. The van der Waals surface area contributed by atoms with E-state index in [1.165, 1.54) is 7.11 Å². The number of fused-ring (bicyclic) bond motifs is 1. The molecule has 0 bridgehead atoms. The Morgan fingerprint density at radius 3 is 2.88 bits per heavy atom. The zero-order valence-corrected chi connectivity index (χ0v) is 14.7. The number of nitrogens with one attached hydrogen (secondary N) is 1. The number of aromatic nitrogens is 1. The summed E-state index contributed by atoms with van der Waals surface area (Å²) in [6.45, 7) is 0.635. The quantitative estimate of drug-likeness (QED) is 0.613. The van der Waals surface area contributed by atoms with Crippen molar-refractivity contribution in [1.82, 2.24) is 20.1 Å². The molecule has 1 aromatic heterocycles. The Bertz CT molecular complexity index is 788. The number of para-hydroxylation sites is 1. The third kappa shape index (κ3) is 3.77. The summed E-state index contributed by atoms with van der Waals surface area (Å²) in [7, 11) is 3.05. The van der Waals surface area contributed by atoms with Crippen LogP contribution in [0.1, 0.15) is 11.4 Å². The second kappa shape index (κ2) is 7.16. The normalized spacial score (nSPS) is 17.4.